The molecular formula is C10H19NO4S. The standard InChI is InChI=1S/C10H19NO4S/c1-15-10(12)5-3-2-4-8-11-16(13,14)9-6-7-9/h9,11H,2-8H2,1H3. The Hall–Kier alpha value is -0.620. The fourth-order valence-corrected chi connectivity index (χ4v) is 2.81. The molecule has 1 rings (SSSR count). The van der Waals surface area contributed by atoms with Gasteiger partial charge in [-0.25, -0.2) is 13.1 Å². The van der Waals surface area contributed by atoms with Gasteiger partial charge in [0.1, 0.15) is 0 Å². The lowest BCUT2D eigenvalue weighted by Gasteiger charge is -2.04. The lowest BCUT2D eigenvalue weighted by molar-refractivity contribution is -0.140. The molecule has 0 heterocycles. The third-order valence-electron chi connectivity index (χ3n) is 2.55. The Morgan fingerprint density at radius 1 is 1.31 bits per heavy atom. The monoisotopic (exact) mass is 249 g/mol. The van der Waals surface area contributed by atoms with Crippen LogP contribution < -0.4 is 4.72 Å². The lowest BCUT2D eigenvalue weighted by atomic mass is 10.2. The maximum absolute atomic E-state index is 11.4. The molecular weight excluding hydrogens is 230 g/mol. The molecule has 94 valence electrons. The summed E-state index contributed by atoms with van der Waals surface area (Å²) in [7, 11) is -1.67. The molecule has 0 aliphatic heterocycles. The Morgan fingerprint density at radius 2 is 2.00 bits per heavy atom. The van der Waals surface area contributed by atoms with Crippen LogP contribution in [0.4, 0.5) is 0 Å². The summed E-state index contributed by atoms with van der Waals surface area (Å²) in [6.45, 7) is 0.472. The maximum Gasteiger partial charge on any atom is 0.305 e. The molecule has 0 aromatic carbocycles. The zero-order valence-corrected chi connectivity index (χ0v) is 10.4. The molecule has 0 spiro atoms. The van der Waals surface area contributed by atoms with Crippen molar-refractivity contribution in [2.75, 3.05) is 13.7 Å². The number of nitrogens with one attached hydrogen (secondary N) is 1. The maximum atomic E-state index is 11.4. The first-order chi connectivity index (χ1) is 7.56. The molecule has 1 N–H and O–H groups in total. The Bertz CT molecular complexity index is 322. The summed E-state index contributed by atoms with van der Waals surface area (Å²) in [4.78, 5) is 10.8. The Kier molecular flexibility index (Phi) is 5.21. The highest BCUT2D eigenvalue weighted by Gasteiger charge is 2.34. The minimum Gasteiger partial charge on any atom is -0.469 e. The van der Waals surface area contributed by atoms with Crippen LogP contribution >= 0.6 is 0 Å². The summed E-state index contributed by atoms with van der Waals surface area (Å²) >= 11 is 0. The van der Waals surface area contributed by atoms with Gasteiger partial charge in [-0.1, -0.05) is 6.42 Å². The van der Waals surface area contributed by atoms with Gasteiger partial charge in [0.2, 0.25) is 10.0 Å². The average molecular weight is 249 g/mol. The lowest BCUT2D eigenvalue weighted by Crippen LogP contribution is -2.28. The van der Waals surface area contributed by atoms with Crippen molar-refractivity contribution in [3.05, 3.63) is 0 Å². The van der Waals surface area contributed by atoms with E-state index < -0.39 is 10.0 Å². The van der Waals surface area contributed by atoms with Crippen molar-refractivity contribution in [2.45, 2.75) is 43.8 Å². The number of carbonyl (C=O) groups is 1. The van der Waals surface area contributed by atoms with Crippen LogP contribution in [0.1, 0.15) is 38.5 Å². The molecule has 0 bridgehead atoms. The second-order valence-electron chi connectivity index (χ2n) is 4.03. The zero-order valence-electron chi connectivity index (χ0n) is 9.57. The molecule has 1 aliphatic rings. The third-order valence-corrected chi connectivity index (χ3v) is 4.51. The molecule has 0 unspecified atom stereocenters. The van der Waals surface area contributed by atoms with Gasteiger partial charge in [0, 0.05) is 13.0 Å². The van der Waals surface area contributed by atoms with Crippen molar-refractivity contribution in [1.29, 1.82) is 0 Å². The number of methoxy groups -OCH3 is 1. The Balaban J connectivity index is 1.97. The predicted molar refractivity (Wildman–Crippen MR) is 60.4 cm³/mol. The summed E-state index contributed by atoms with van der Waals surface area (Å²) in [6.07, 6.45) is 4.34. The van der Waals surface area contributed by atoms with Gasteiger partial charge in [-0.05, 0) is 25.7 Å². The fourth-order valence-electron chi connectivity index (χ4n) is 1.38. The smallest absolute Gasteiger partial charge is 0.305 e. The van der Waals surface area contributed by atoms with E-state index in [-0.39, 0.29) is 11.2 Å². The molecule has 0 saturated heterocycles. The molecule has 1 fully saturated rings. The highest BCUT2D eigenvalue weighted by molar-refractivity contribution is 7.90. The number of rotatable bonds is 8. The van der Waals surface area contributed by atoms with Gasteiger partial charge in [0.25, 0.3) is 0 Å². The molecule has 16 heavy (non-hydrogen) atoms. The van der Waals surface area contributed by atoms with E-state index in [1.54, 1.807) is 0 Å². The van der Waals surface area contributed by atoms with Gasteiger partial charge < -0.3 is 4.74 Å². The quantitative estimate of drug-likeness (QED) is 0.510. The minimum absolute atomic E-state index is 0.150. The summed E-state index contributed by atoms with van der Waals surface area (Å²) in [5.74, 6) is -0.210. The van der Waals surface area contributed by atoms with E-state index in [1.807, 2.05) is 0 Å². The largest absolute Gasteiger partial charge is 0.469 e. The van der Waals surface area contributed by atoms with Gasteiger partial charge in [-0.2, -0.15) is 0 Å². The van der Waals surface area contributed by atoms with Crippen LogP contribution in [-0.2, 0) is 19.6 Å². The Labute approximate surface area is 96.6 Å². The Morgan fingerprint density at radius 3 is 2.56 bits per heavy atom. The molecule has 0 amide bonds. The number of unbranched alkanes of at least 4 members (excludes halogenated alkanes) is 2. The summed E-state index contributed by atoms with van der Waals surface area (Å²) in [5, 5.41) is -0.150. The van der Waals surface area contributed by atoms with Crippen molar-refractivity contribution in [1.82, 2.24) is 4.72 Å². The number of hydrogen-bond acceptors (Lipinski definition) is 4. The van der Waals surface area contributed by atoms with Crippen LogP contribution in [0, 0.1) is 0 Å². The highest BCUT2D eigenvalue weighted by atomic mass is 32.2. The molecule has 0 aromatic heterocycles. The van der Waals surface area contributed by atoms with Crippen LogP contribution in [0.25, 0.3) is 0 Å². The van der Waals surface area contributed by atoms with E-state index >= 15 is 0 Å². The van der Waals surface area contributed by atoms with Gasteiger partial charge in [0.05, 0.1) is 12.4 Å². The fraction of sp³-hybridized carbons (Fsp3) is 0.900. The van der Waals surface area contributed by atoms with Crippen LogP contribution in [0.2, 0.25) is 0 Å². The average Bonchev–Trinajstić information content (AvgIpc) is 3.06. The van der Waals surface area contributed by atoms with Crippen molar-refractivity contribution in [2.24, 2.45) is 0 Å². The number of sulfonamides is 1. The number of carbonyl (C=O) groups excluding carboxylic acids is 1. The van der Waals surface area contributed by atoms with Gasteiger partial charge in [0.15, 0.2) is 0 Å². The normalized spacial score (nSPS) is 16.1. The minimum atomic E-state index is -3.04. The topological polar surface area (TPSA) is 72.5 Å². The molecule has 0 aromatic rings. The third kappa shape index (κ3) is 4.94. The molecule has 6 heteroatoms. The first-order valence-electron chi connectivity index (χ1n) is 5.61. The molecule has 0 atom stereocenters. The predicted octanol–water partition coefficient (Wildman–Crippen LogP) is 0.802. The van der Waals surface area contributed by atoms with Crippen molar-refractivity contribution in [3.63, 3.8) is 0 Å². The van der Waals surface area contributed by atoms with Crippen molar-refractivity contribution >= 4 is 16.0 Å². The molecule has 1 saturated carbocycles. The number of hydrogen-bond donors (Lipinski definition) is 1. The first-order valence-corrected chi connectivity index (χ1v) is 7.16. The van der Waals surface area contributed by atoms with E-state index in [4.69, 9.17) is 0 Å². The van der Waals surface area contributed by atoms with Gasteiger partial charge >= 0.3 is 5.97 Å². The summed E-state index contributed by atoms with van der Waals surface area (Å²) < 4.78 is 29.9. The van der Waals surface area contributed by atoms with E-state index in [0.29, 0.717) is 13.0 Å². The number of ether oxygens (including phenoxy) is 1. The SMILES string of the molecule is COC(=O)CCCCCNS(=O)(=O)C1CC1. The molecule has 0 radical (unpaired) electrons. The van der Waals surface area contributed by atoms with Gasteiger partial charge in [-0.3, -0.25) is 4.79 Å². The zero-order chi connectivity index (χ0) is 12.0. The second-order valence-corrected chi connectivity index (χ2v) is 6.07. The number of esters is 1. The second kappa shape index (κ2) is 6.20. The van der Waals surface area contributed by atoms with Crippen molar-refractivity contribution < 1.29 is 17.9 Å². The van der Waals surface area contributed by atoms with E-state index in [9.17, 15) is 13.2 Å². The summed E-state index contributed by atoms with van der Waals surface area (Å²) in [6, 6.07) is 0. The highest BCUT2D eigenvalue weighted by Crippen LogP contribution is 2.27. The van der Waals surface area contributed by atoms with Crippen LogP contribution in [0.15, 0.2) is 0 Å². The van der Waals surface area contributed by atoms with E-state index in [1.165, 1.54) is 7.11 Å². The first kappa shape index (κ1) is 13.4. The van der Waals surface area contributed by atoms with Crippen LogP contribution in [-0.4, -0.2) is 33.3 Å². The van der Waals surface area contributed by atoms with E-state index in [2.05, 4.69) is 9.46 Å². The van der Waals surface area contributed by atoms with Crippen LogP contribution in [0.5, 0.6) is 0 Å². The van der Waals surface area contributed by atoms with Crippen LogP contribution in [0.3, 0.4) is 0 Å². The van der Waals surface area contributed by atoms with Crippen molar-refractivity contribution in [3.8, 4) is 0 Å². The molecule has 5 nitrogen and oxygen atoms in total. The molecule has 1 aliphatic carbocycles. The van der Waals surface area contributed by atoms with E-state index in [0.717, 1.165) is 32.1 Å². The van der Waals surface area contributed by atoms with Gasteiger partial charge in [-0.15, -0.1) is 0 Å². The summed E-state index contributed by atoms with van der Waals surface area (Å²) in [5.41, 5.74) is 0.